The minimum atomic E-state index is -0.183. The molecule has 1 fully saturated rings. The average Bonchev–Trinajstić information content (AvgIpc) is 2.60. The van der Waals surface area contributed by atoms with E-state index in [2.05, 4.69) is 20.4 Å². The third-order valence-electron chi connectivity index (χ3n) is 3.91. The standard InChI is InChI=1S/C16H19N5O3/c22-13-4-3-12(10-14(13)23)11-20-6-8-21(9-7-20)16(24)18-15-2-1-5-17-19-15/h1-5,10,22-23H,6-9,11H2,(H,18,19,24). The van der Waals surface area contributed by atoms with Gasteiger partial charge in [0.05, 0.1) is 0 Å². The molecular formula is C16H19N5O3. The van der Waals surface area contributed by atoms with Crippen LogP contribution >= 0.6 is 0 Å². The number of aromatic nitrogens is 2. The van der Waals surface area contributed by atoms with Crippen molar-refractivity contribution in [3.63, 3.8) is 0 Å². The van der Waals surface area contributed by atoms with E-state index in [4.69, 9.17) is 0 Å². The van der Waals surface area contributed by atoms with Crippen LogP contribution in [-0.4, -0.2) is 62.4 Å². The Bertz CT molecular complexity index is 702. The van der Waals surface area contributed by atoms with Gasteiger partial charge in [-0.05, 0) is 29.8 Å². The maximum atomic E-state index is 12.2. The number of carbonyl (C=O) groups excluding carboxylic acids is 1. The number of nitrogens with one attached hydrogen (secondary N) is 1. The molecule has 0 unspecified atom stereocenters. The highest BCUT2D eigenvalue weighted by atomic mass is 16.3. The van der Waals surface area contributed by atoms with Gasteiger partial charge < -0.3 is 15.1 Å². The third kappa shape index (κ3) is 3.90. The lowest BCUT2D eigenvalue weighted by Crippen LogP contribution is -2.49. The predicted octanol–water partition coefficient (Wildman–Crippen LogP) is 1.24. The highest BCUT2D eigenvalue weighted by Gasteiger charge is 2.21. The molecule has 1 aromatic carbocycles. The second kappa shape index (κ2) is 7.14. The molecule has 0 spiro atoms. The van der Waals surface area contributed by atoms with E-state index in [-0.39, 0.29) is 17.5 Å². The van der Waals surface area contributed by atoms with Crippen molar-refractivity contribution >= 4 is 11.8 Å². The summed E-state index contributed by atoms with van der Waals surface area (Å²) >= 11 is 0. The molecule has 126 valence electrons. The van der Waals surface area contributed by atoms with Crippen LogP contribution in [0.4, 0.5) is 10.6 Å². The number of carbonyl (C=O) groups is 1. The molecule has 2 amide bonds. The number of phenols is 2. The van der Waals surface area contributed by atoms with Crippen molar-refractivity contribution in [3.8, 4) is 11.5 Å². The van der Waals surface area contributed by atoms with Crippen LogP contribution in [0.25, 0.3) is 0 Å². The highest BCUT2D eigenvalue weighted by molar-refractivity contribution is 5.88. The van der Waals surface area contributed by atoms with Crippen LogP contribution in [-0.2, 0) is 6.54 Å². The van der Waals surface area contributed by atoms with Crippen molar-refractivity contribution in [2.45, 2.75) is 6.54 Å². The van der Waals surface area contributed by atoms with Gasteiger partial charge in [-0.25, -0.2) is 4.79 Å². The molecule has 0 aliphatic carbocycles. The molecule has 0 saturated carbocycles. The number of piperazine rings is 1. The minimum absolute atomic E-state index is 0.116. The van der Waals surface area contributed by atoms with Gasteiger partial charge in [-0.1, -0.05) is 6.07 Å². The minimum Gasteiger partial charge on any atom is -0.504 e. The topological polar surface area (TPSA) is 102 Å². The van der Waals surface area contributed by atoms with Gasteiger partial charge in [0, 0.05) is 38.9 Å². The van der Waals surface area contributed by atoms with Crippen LogP contribution in [0, 0.1) is 0 Å². The molecule has 8 heteroatoms. The van der Waals surface area contributed by atoms with Crippen LogP contribution in [0.2, 0.25) is 0 Å². The number of hydrogen-bond acceptors (Lipinski definition) is 6. The van der Waals surface area contributed by atoms with Crippen molar-refractivity contribution in [2.75, 3.05) is 31.5 Å². The molecule has 1 saturated heterocycles. The first-order valence-corrected chi connectivity index (χ1v) is 7.68. The van der Waals surface area contributed by atoms with E-state index in [0.29, 0.717) is 25.5 Å². The molecule has 0 bridgehead atoms. The summed E-state index contributed by atoms with van der Waals surface area (Å²) in [4.78, 5) is 16.1. The number of aromatic hydroxyl groups is 2. The number of anilines is 1. The molecule has 1 aliphatic heterocycles. The Labute approximate surface area is 139 Å². The number of urea groups is 1. The molecule has 2 heterocycles. The lowest BCUT2D eigenvalue weighted by atomic mass is 10.1. The Hall–Kier alpha value is -2.87. The van der Waals surface area contributed by atoms with Crippen molar-refractivity contribution in [1.82, 2.24) is 20.0 Å². The number of amides is 2. The Morgan fingerprint density at radius 3 is 2.58 bits per heavy atom. The van der Waals surface area contributed by atoms with Crippen LogP contribution < -0.4 is 5.32 Å². The zero-order valence-corrected chi connectivity index (χ0v) is 13.1. The molecule has 0 radical (unpaired) electrons. The molecule has 0 atom stereocenters. The molecule has 1 aromatic heterocycles. The van der Waals surface area contributed by atoms with E-state index in [1.54, 1.807) is 35.4 Å². The maximum absolute atomic E-state index is 12.2. The summed E-state index contributed by atoms with van der Waals surface area (Å²) in [6, 6.07) is 8.05. The summed E-state index contributed by atoms with van der Waals surface area (Å²) in [6.07, 6.45) is 1.55. The van der Waals surface area contributed by atoms with E-state index in [1.165, 1.54) is 6.07 Å². The van der Waals surface area contributed by atoms with Crippen LogP contribution in [0.5, 0.6) is 11.5 Å². The van der Waals surface area contributed by atoms with Gasteiger partial charge in [0.15, 0.2) is 17.3 Å². The maximum Gasteiger partial charge on any atom is 0.323 e. The van der Waals surface area contributed by atoms with Gasteiger partial charge in [-0.15, -0.1) is 5.10 Å². The van der Waals surface area contributed by atoms with Gasteiger partial charge in [0.25, 0.3) is 0 Å². The van der Waals surface area contributed by atoms with Crippen LogP contribution in [0.1, 0.15) is 5.56 Å². The second-order valence-corrected chi connectivity index (χ2v) is 5.63. The molecule has 2 aromatic rings. The third-order valence-corrected chi connectivity index (χ3v) is 3.91. The molecule has 8 nitrogen and oxygen atoms in total. The lowest BCUT2D eigenvalue weighted by molar-refractivity contribution is 0.143. The molecule has 1 aliphatic rings. The number of nitrogens with zero attached hydrogens (tertiary/aromatic N) is 4. The van der Waals surface area contributed by atoms with Crippen molar-refractivity contribution < 1.29 is 15.0 Å². The summed E-state index contributed by atoms with van der Waals surface area (Å²) in [5.74, 6) is 0.197. The van der Waals surface area contributed by atoms with Crippen molar-refractivity contribution in [1.29, 1.82) is 0 Å². The summed E-state index contributed by atoms with van der Waals surface area (Å²) < 4.78 is 0. The molecule has 3 N–H and O–H groups in total. The van der Waals surface area contributed by atoms with Crippen molar-refractivity contribution in [2.24, 2.45) is 0 Å². The average molecular weight is 329 g/mol. The summed E-state index contributed by atoms with van der Waals surface area (Å²) in [5, 5.41) is 29.2. The number of benzene rings is 1. The first-order chi connectivity index (χ1) is 11.6. The van der Waals surface area contributed by atoms with Crippen molar-refractivity contribution in [3.05, 3.63) is 42.1 Å². The van der Waals surface area contributed by atoms with Gasteiger partial charge in [0.1, 0.15) is 0 Å². The largest absolute Gasteiger partial charge is 0.504 e. The zero-order valence-electron chi connectivity index (χ0n) is 13.1. The number of hydrogen-bond donors (Lipinski definition) is 3. The van der Waals surface area contributed by atoms with Crippen LogP contribution in [0.15, 0.2) is 36.5 Å². The van der Waals surface area contributed by atoms with Crippen LogP contribution in [0.3, 0.4) is 0 Å². The Balaban J connectivity index is 1.50. The molecule has 3 rings (SSSR count). The lowest BCUT2D eigenvalue weighted by Gasteiger charge is -2.34. The van der Waals surface area contributed by atoms with Gasteiger partial charge in [-0.2, -0.15) is 5.10 Å². The zero-order chi connectivity index (χ0) is 16.9. The summed E-state index contributed by atoms with van der Waals surface area (Å²) in [6.45, 7) is 3.34. The second-order valence-electron chi connectivity index (χ2n) is 5.63. The Morgan fingerprint density at radius 1 is 1.12 bits per heavy atom. The normalized spacial score (nSPS) is 15.2. The molecule has 24 heavy (non-hydrogen) atoms. The first-order valence-electron chi connectivity index (χ1n) is 7.68. The quantitative estimate of drug-likeness (QED) is 0.732. The predicted molar refractivity (Wildman–Crippen MR) is 87.7 cm³/mol. The first kappa shape index (κ1) is 16.0. The van der Waals surface area contributed by atoms with Gasteiger partial charge >= 0.3 is 6.03 Å². The highest BCUT2D eigenvalue weighted by Crippen LogP contribution is 2.25. The number of phenolic OH excluding ortho intramolecular Hbond substituents is 2. The smallest absolute Gasteiger partial charge is 0.323 e. The van der Waals surface area contributed by atoms with Gasteiger partial charge in [0.2, 0.25) is 0 Å². The van der Waals surface area contributed by atoms with E-state index in [0.717, 1.165) is 18.7 Å². The Morgan fingerprint density at radius 2 is 1.92 bits per heavy atom. The fourth-order valence-corrected chi connectivity index (χ4v) is 2.59. The number of rotatable bonds is 3. The van der Waals surface area contributed by atoms with E-state index < -0.39 is 0 Å². The molecular weight excluding hydrogens is 310 g/mol. The van der Waals surface area contributed by atoms with Gasteiger partial charge in [-0.3, -0.25) is 10.2 Å². The summed E-state index contributed by atoms with van der Waals surface area (Å²) in [5.41, 5.74) is 0.919. The van der Waals surface area contributed by atoms with E-state index in [1.807, 2.05) is 0 Å². The SMILES string of the molecule is O=C(Nc1cccnn1)N1CCN(Cc2ccc(O)c(O)c2)CC1. The fourth-order valence-electron chi connectivity index (χ4n) is 2.59. The fraction of sp³-hybridized carbons (Fsp3) is 0.312. The van der Waals surface area contributed by atoms with E-state index >= 15 is 0 Å². The monoisotopic (exact) mass is 329 g/mol. The van der Waals surface area contributed by atoms with E-state index in [9.17, 15) is 15.0 Å². The summed E-state index contributed by atoms with van der Waals surface area (Å²) in [7, 11) is 0. The Kier molecular flexibility index (Phi) is 4.76.